The molecular weight excluding hydrogens is 896 g/mol. The van der Waals surface area contributed by atoms with Crippen LogP contribution in [0.2, 0.25) is 0 Å². The van der Waals surface area contributed by atoms with Gasteiger partial charge in [-0.3, -0.25) is 0 Å². The van der Waals surface area contributed by atoms with Crippen molar-refractivity contribution in [3.63, 3.8) is 0 Å². The van der Waals surface area contributed by atoms with E-state index in [4.69, 9.17) is 0 Å². The van der Waals surface area contributed by atoms with Gasteiger partial charge < -0.3 is 0 Å². The van der Waals surface area contributed by atoms with Gasteiger partial charge in [-0.25, -0.2) is 0 Å². The first-order valence-corrected chi connectivity index (χ1v) is 15.9. The van der Waals surface area contributed by atoms with Crippen LogP contribution in [0.1, 0.15) is 11.1 Å². The summed E-state index contributed by atoms with van der Waals surface area (Å²) in [6.45, 7) is 0. The fourth-order valence-electron chi connectivity index (χ4n) is 2.09. The van der Waals surface area contributed by atoms with E-state index in [0.29, 0.717) is 0 Å². The van der Waals surface area contributed by atoms with Crippen molar-refractivity contribution in [2.45, 2.75) is 12.8 Å². The summed E-state index contributed by atoms with van der Waals surface area (Å²) >= 11 is 29.1. The standard InChI is InChI=1S/C16H10Br8S2/c17-9-5-10(18)14(22)7(13(9)21)1-3-25-26-4-2-8-15(23)11(19)6-12(20)16(8)24/h5-6H,1-4H2. The van der Waals surface area contributed by atoms with Crippen LogP contribution in [0.3, 0.4) is 0 Å². The number of hydrogen-bond acceptors (Lipinski definition) is 2. The van der Waals surface area contributed by atoms with E-state index in [9.17, 15) is 0 Å². The molecule has 0 bridgehead atoms. The smallest absolute Gasteiger partial charge is 0.0361 e. The summed E-state index contributed by atoms with van der Waals surface area (Å²) < 4.78 is 8.72. The maximum Gasteiger partial charge on any atom is 0.0361 e. The average molecular weight is 906 g/mol. The summed E-state index contributed by atoms with van der Waals surface area (Å²) in [6.07, 6.45) is 1.99. The lowest BCUT2D eigenvalue weighted by Crippen LogP contribution is -1.95. The second-order valence-electron chi connectivity index (χ2n) is 5.04. The van der Waals surface area contributed by atoms with Crippen molar-refractivity contribution in [3.8, 4) is 0 Å². The van der Waals surface area contributed by atoms with Crippen molar-refractivity contribution < 1.29 is 0 Å². The van der Waals surface area contributed by atoms with Gasteiger partial charge in [0.1, 0.15) is 0 Å². The predicted octanol–water partition coefficient (Wildman–Crippen LogP) is 11.0. The molecule has 0 aliphatic heterocycles. The monoisotopic (exact) mass is 897 g/mol. The molecule has 0 radical (unpaired) electrons. The fourth-order valence-corrected chi connectivity index (χ4v) is 9.17. The lowest BCUT2D eigenvalue weighted by molar-refractivity contribution is 1.12. The summed E-state index contributed by atoms with van der Waals surface area (Å²) in [5.41, 5.74) is 2.56. The second kappa shape index (κ2) is 12.1. The normalized spacial score (nSPS) is 11.2. The van der Waals surface area contributed by atoms with Crippen molar-refractivity contribution in [1.29, 1.82) is 0 Å². The summed E-state index contributed by atoms with van der Waals surface area (Å²) in [6, 6.07) is 4.09. The van der Waals surface area contributed by atoms with Gasteiger partial charge in [-0.2, -0.15) is 0 Å². The molecule has 0 saturated heterocycles. The largest absolute Gasteiger partial charge is 0.0938 e. The van der Waals surface area contributed by atoms with Crippen molar-refractivity contribution in [1.82, 2.24) is 0 Å². The fraction of sp³-hybridized carbons (Fsp3) is 0.250. The van der Waals surface area contributed by atoms with Crippen LogP contribution in [0.4, 0.5) is 0 Å². The number of hydrogen-bond donors (Lipinski definition) is 0. The maximum absolute atomic E-state index is 3.67. The van der Waals surface area contributed by atoms with Crippen LogP contribution in [0, 0.1) is 0 Å². The molecule has 0 aromatic heterocycles. The van der Waals surface area contributed by atoms with Gasteiger partial charge in [0.2, 0.25) is 0 Å². The lowest BCUT2D eigenvalue weighted by Gasteiger charge is -2.12. The molecule has 0 heterocycles. The van der Waals surface area contributed by atoms with Crippen LogP contribution in [0.15, 0.2) is 47.9 Å². The van der Waals surface area contributed by atoms with E-state index in [0.717, 1.165) is 60.1 Å². The molecule has 2 aromatic carbocycles. The third-order valence-electron chi connectivity index (χ3n) is 3.36. The molecule has 0 aliphatic carbocycles. The Balaban J connectivity index is 1.86. The quantitative estimate of drug-likeness (QED) is 0.154. The molecule has 0 nitrogen and oxygen atoms in total. The molecule has 0 N–H and O–H groups in total. The Kier molecular flexibility index (Phi) is 11.8. The molecule has 0 spiro atoms. The molecule has 0 fully saturated rings. The summed E-state index contributed by atoms with van der Waals surface area (Å²) in [5.74, 6) is 2.10. The molecule has 0 amide bonds. The third-order valence-corrected chi connectivity index (χ3v) is 14.0. The van der Waals surface area contributed by atoms with Gasteiger partial charge in [0.25, 0.3) is 0 Å². The first-order chi connectivity index (χ1) is 12.2. The van der Waals surface area contributed by atoms with Crippen LogP contribution in [-0.4, -0.2) is 11.5 Å². The van der Waals surface area contributed by atoms with Gasteiger partial charge in [-0.05, 0) is 164 Å². The molecule has 0 atom stereocenters. The molecule has 2 rings (SSSR count). The zero-order chi connectivity index (χ0) is 19.4. The summed E-state index contributed by atoms with van der Waals surface area (Å²) in [4.78, 5) is 0. The second-order valence-corrected chi connectivity index (χ2v) is 14.3. The van der Waals surface area contributed by atoms with E-state index < -0.39 is 0 Å². The molecule has 0 saturated carbocycles. The van der Waals surface area contributed by atoms with E-state index in [1.54, 1.807) is 0 Å². The Morgan fingerprint density at radius 1 is 0.500 bits per heavy atom. The molecule has 10 heteroatoms. The number of halogens is 8. The minimum absolute atomic E-state index is 0.993. The highest BCUT2D eigenvalue weighted by Crippen LogP contribution is 2.40. The molecule has 0 aliphatic rings. The van der Waals surface area contributed by atoms with Crippen molar-refractivity contribution >= 4 is 149 Å². The van der Waals surface area contributed by atoms with Crippen LogP contribution < -0.4 is 0 Å². The van der Waals surface area contributed by atoms with Crippen molar-refractivity contribution in [2.75, 3.05) is 11.5 Å². The SMILES string of the molecule is Brc1cc(Br)c(Br)c(CCSSCCc2c(Br)c(Br)cc(Br)c2Br)c1Br. The predicted molar refractivity (Wildman–Crippen MR) is 147 cm³/mol. The third kappa shape index (κ3) is 6.74. The van der Waals surface area contributed by atoms with Crippen LogP contribution in [0.25, 0.3) is 0 Å². The van der Waals surface area contributed by atoms with Gasteiger partial charge in [0, 0.05) is 47.3 Å². The molecule has 142 valence electrons. The lowest BCUT2D eigenvalue weighted by atomic mass is 10.2. The summed E-state index contributed by atoms with van der Waals surface area (Å²) in [7, 11) is 3.81. The highest BCUT2D eigenvalue weighted by molar-refractivity contribution is 9.14. The van der Waals surface area contributed by atoms with E-state index in [2.05, 4.69) is 127 Å². The Hall–Kier alpha value is 2.98. The zero-order valence-corrected chi connectivity index (χ0v) is 27.1. The molecule has 0 unspecified atom stereocenters. The van der Waals surface area contributed by atoms with Crippen LogP contribution >= 0.6 is 149 Å². The topological polar surface area (TPSA) is 0 Å². The van der Waals surface area contributed by atoms with Crippen molar-refractivity contribution in [2.24, 2.45) is 0 Å². The minimum Gasteiger partial charge on any atom is -0.0938 e. The van der Waals surface area contributed by atoms with E-state index in [1.807, 2.05) is 33.7 Å². The minimum atomic E-state index is 0.993. The Labute approximate surface area is 229 Å². The number of rotatable bonds is 7. The molecule has 26 heavy (non-hydrogen) atoms. The highest BCUT2D eigenvalue weighted by Gasteiger charge is 2.14. The number of benzene rings is 2. The Morgan fingerprint density at radius 2 is 0.769 bits per heavy atom. The molecule has 2 aromatic rings. The van der Waals surface area contributed by atoms with Gasteiger partial charge in [0.05, 0.1) is 0 Å². The van der Waals surface area contributed by atoms with Crippen LogP contribution in [-0.2, 0) is 12.8 Å². The average Bonchev–Trinajstić information content (AvgIpc) is 2.59. The van der Waals surface area contributed by atoms with E-state index in [1.165, 1.54) is 11.1 Å². The Bertz CT molecular complexity index is 690. The van der Waals surface area contributed by atoms with Gasteiger partial charge in [-0.1, -0.05) is 21.6 Å². The first-order valence-electron chi connectivity index (χ1n) is 7.12. The van der Waals surface area contributed by atoms with Crippen LogP contribution in [0.5, 0.6) is 0 Å². The van der Waals surface area contributed by atoms with E-state index >= 15 is 0 Å². The maximum atomic E-state index is 3.67. The van der Waals surface area contributed by atoms with Gasteiger partial charge in [0.15, 0.2) is 0 Å². The zero-order valence-electron chi connectivity index (χ0n) is 12.8. The molecular formula is C16H10Br8S2. The van der Waals surface area contributed by atoms with Crippen molar-refractivity contribution in [3.05, 3.63) is 59.0 Å². The Morgan fingerprint density at radius 3 is 1.04 bits per heavy atom. The first kappa shape index (κ1) is 25.2. The highest BCUT2D eigenvalue weighted by atomic mass is 79.9. The van der Waals surface area contributed by atoms with E-state index in [-0.39, 0.29) is 0 Å². The van der Waals surface area contributed by atoms with Gasteiger partial charge >= 0.3 is 0 Å². The van der Waals surface area contributed by atoms with Gasteiger partial charge in [-0.15, -0.1) is 0 Å². The summed E-state index contributed by atoms with van der Waals surface area (Å²) in [5, 5.41) is 0.